The van der Waals surface area contributed by atoms with E-state index in [2.05, 4.69) is 27.7 Å². The normalized spacial score (nSPS) is 10.0. The van der Waals surface area contributed by atoms with Gasteiger partial charge in [-0.3, -0.25) is 0 Å². The first-order valence-electron chi connectivity index (χ1n) is 6.96. The second-order valence-corrected chi connectivity index (χ2v) is 4.07. The maximum Gasteiger partial charge on any atom is 2.00 e. The Hall–Kier alpha value is -0.0613. The van der Waals surface area contributed by atoms with Gasteiger partial charge in [-0.05, 0) is 0 Å². The van der Waals surface area contributed by atoms with E-state index in [0.29, 0.717) is 5.56 Å². The monoisotopic (exact) mass is 372 g/mol. The fourth-order valence-corrected chi connectivity index (χ4v) is 0.764. The Morgan fingerprint density at radius 2 is 1.21 bits per heavy atom. The molecule has 1 unspecified atom stereocenters. The molecule has 1 rings (SSSR count). The summed E-state index contributed by atoms with van der Waals surface area (Å²) in [5.41, 5.74) is 0.581. The molecule has 0 aliphatic rings. The van der Waals surface area contributed by atoms with Crippen molar-refractivity contribution in [1.29, 1.82) is 0 Å². The van der Waals surface area contributed by atoms with Gasteiger partial charge in [-0.25, -0.2) is 0 Å². The number of hydrogen-bond acceptors (Lipinski definition) is 2. The molecule has 2 radical (unpaired) electrons. The van der Waals surface area contributed by atoms with Crippen molar-refractivity contribution in [2.75, 3.05) is 6.61 Å². The number of unbranched alkanes of at least 4 members (excludes halogenated alkanes) is 2. The fraction of sp³-hybridized carbons (Fsp3) is 0.625. The van der Waals surface area contributed by atoms with Crippen LogP contribution in [0.2, 0.25) is 0 Å². The Labute approximate surface area is 136 Å². The molecule has 0 heterocycles. The van der Waals surface area contributed by atoms with Crippen LogP contribution in [-0.4, -0.2) is 30.5 Å². The van der Waals surface area contributed by atoms with E-state index in [1.807, 2.05) is 6.07 Å². The molecule has 0 aliphatic carbocycles. The summed E-state index contributed by atoms with van der Waals surface area (Å²) in [6.45, 7) is 8.14. The maximum atomic E-state index is 10.8. The molecule has 0 spiro atoms. The summed E-state index contributed by atoms with van der Waals surface area (Å²) in [5.74, 6) is 0. The fourth-order valence-electron chi connectivity index (χ4n) is 0.764. The van der Waals surface area contributed by atoms with E-state index in [1.54, 1.807) is 24.3 Å². The smallest absolute Gasteiger partial charge is 0.855 e. The molecule has 1 aromatic carbocycles. The van der Waals surface area contributed by atoms with Crippen molar-refractivity contribution in [3.8, 4) is 0 Å². The summed E-state index contributed by atoms with van der Waals surface area (Å²) < 4.78 is 0. The van der Waals surface area contributed by atoms with Gasteiger partial charge >= 0.3 is 23.9 Å². The third-order valence-corrected chi connectivity index (χ3v) is 2.32. The average Bonchev–Trinajstić information content (AvgIpc) is 2.47. The van der Waals surface area contributed by atoms with Crippen LogP contribution in [0, 0.1) is 0 Å². The third-order valence-electron chi connectivity index (χ3n) is 2.32. The molecule has 19 heavy (non-hydrogen) atoms. The van der Waals surface area contributed by atoms with Gasteiger partial charge in [0, 0.05) is 0 Å². The Kier molecular flexibility index (Phi) is 25.6. The number of benzene rings is 1. The van der Waals surface area contributed by atoms with E-state index in [4.69, 9.17) is 0 Å². The Morgan fingerprint density at radius 1 is 0.842 bits per heavy atom. The minimum Gasteiger partial charge on any atom is -0.855 e. The molecule has 1 atom stereocenters. The van der Waals surface area contributed by atoms with Crippen molar-refractivity contribution >= 4 is 23.9 Å². The molecule has 0 aromatic heterocycles. The molecular weight excluding hydrogens is 343 g/mol. The van der Waals surface area contributed by atoms with Gasteiger partial charge in [-0.15, -0.1) is 12.7 Å². The molecule has 3 heteroatoms. The topological polar surface area (TPSA) is 46.1 Å². The predicted molar refractivity (Wildman–Crippen MR) is 81.0 cm³/mol. The van der Waals surface area contributed by atoms with Crippen molar-refractivity contribution < 1.29 is 10.2 Å². The largest absolute Gasteiger partial charge is 2.00 e. The van der Waals surface area contributed by atoms with Crippen molar-refractivity contribution in [1.82, 2.24) is 0 Å². The quantitative estimate of drug-likeness (QED) is 0.765. The first kappa shape index (κ1) is 24.0. The second-order valence-electron chi connectivity index (χ2n) is 4.07. The van der Waals surface area contributed by atoms with E-state index in [1.165, 1.54) is 25.7 Å². The van der Waals surface area contributed by atoms with E-state index in [0.717, 1.165) is 0 Å². The molecule has 0 aliphatic heterocycles. The van der Waals surface area contributed by atoms with Gasteiger partial charge in [-0.1, -0.05) is 89.3 Å². The molecule has 108 valence electrons. The molecule has 0 saturated carbocycles. The minimum absolute atomic E-state index is 0. The van der Waals surface area contributed by atoms with E-state index in [-0.39, 0.29) is 23.9 Å². The summed E-state index contributed by atoms with van der Waals surface area (Å²) in [7, 11) is 0. The summed E-state index contributed by atoms with van der Waals surface area (Å²) in [4.78, 5) is 0. The number of rotatable bonds is 4. The second kappa shape index (κ2) is 20.3. The van der Waals surface area contributed by atoms with Crippen molar-refractivity contribution in [3.63, 3.8) is 0 Å². The van der Waals surface area contributed by atoms with Crippen LogP contribution < -0.4 is 10.2 Å². The molecule has 0 N–H and O–H groups in total. The summed E-state index contributed by atoms with van der Waals surface area (Å²) in [5, 5.41) is 20.9. The molecule has 0 saturated heterocycles. The van der Waals surface area contributed by atoms with Crippen LogP contribution in [0.25, 0.3) is 0 Å². The van der Waals surface area contributed by atoms with Gasteiger partial charge in [0.1, 0.15) is 0 Å². The Balaban J connectivity index is -0.000000242. The summed E-state index contributed by atoms with van der Waals surface area (Å²) in [6.07, 6.45) is 4.18. The molecule has 2 nitrogen and oxygen atoms in total. The van der Waals surface area contributed by atoms with Crippen LogP contribution in [0.3, 0.4) is 0 Å². The van der Waals surface area contributed by atoms with Gasteiger partial charge in [0.25, 0.3) is 0 Å². The van der Waals surface area contributed by atoms with Crippen LogP contribution in [0.15, 0.2) is 30.3 Å². The van der Waals surface area contributed by atoms with E-state index < -0.39 is 12.7 Å². The molecule has 1 aromatic rings. The van der Waals surface area contributed by atoms with Crippen LogP contribution >= 0.6 is 0 Å². The van der Waals surface area contributed by atoms with Crippen LogP contribution in [0.1, 0.15) is 65.0 Å². The van der Waals surface area contributed by atoms with E-state index >= 15 is 0 Å². The Morgan fingerprint density at radius 3 is 1.47 bits per heavy atom. The van der Waals surface area contributed by atoms with Gasteiger partial charge in [0.15, 0.2) is 0 Å². The Bertz CT molecular complexity index is 232. The first-order valence-corrected chi connectivity index (χ1v) is 6.96. The third kappa shape index (κ3) is 17.9. The maximum absolute atomic E-state index is 10.8. The van der Waals surface area contributed by atoms with Crippen molar-refractivity contribution in [2.24, 2.45) is 0 Å². The van der Waals surface area contributed by atoms with Crippen LogP contribution in [-0.2, 0) is 0 Å². The standard InChI is InChI=1S/C8H8O2.2C4H10.Sn/c9-6-8(10)7-4-2-1-3-5-7;2*1-3-4-2;/h1-5,8H,6H2;2*3-4H2,1-2H3;/q-2;;;+2. The zero-order valence-electron chi connectivity index (χ0n) is 12.8. The molecule has 0 fully saturated rings. The molecule has 0 amide bonds. The van der Waals surface area contributed by atoms with Gasteiger partial charge in [0.2, 0.25) is 0 Å². The summed E-state index contributed by atoms with van der Waals surface area (Å²) in [6, 6.07) is 8.69. The SMILES string of the molecule is CCCC.CCCC.[O-]CC([O-])c1ccccc1.[Sn+2]. The zero-order valence-corrected chi connectivity index (χ0v) is 15.7. The van der Waals surface area contributed by atoms with E-state index in [9.17, 15) is 10.2 Å². The van der Waals surface area contributed by atoms with Crippen molar-refractivity contribution in [3.05, 3.63) is 35.9 Å². The van der Waals surface area contributed by atoms with Gasteiger partial charge in [-0.2, -0.15) is 0 Å². The van der Waals surface area contributed by atoms with Gasteiger partial charge < -0.3 is 10.2 Å². The predicted octanol–water partition coefficient (Wildman–Crippen LogP) is 2.68. The molecular formula is C16H28O2Sn. The minimum atomic E-state index is -1.10. The molecule has 0 bridgehead atoms. The van der Waals surface area contributed by atoms with Gasteiger partial charge in [0.05, 0.1) is 0 Å². The first-order chi connectivity index (χ1) is 8.67. The average molecular weight is 371 g/mol. The van der Waals surface area contributed by atoms with Crippen molar-refractivity contribution in [2.45, 2.75) is 59.5 Å². The summed E-state index contributed by atoms with van der Waals surface area (Å²) >= 11 is 0. The van der Waals surface area contributed by atoms with Crippen LogP contribution in [0.4, 0.5) is 0 Å². The number of hydrogen-bond donors (Lipinski definition) is 0. The van der Waals surface area contributed by atoms with Crippen LogP contribution in [0.5, 0.6) is 0 Å². The zero-order chi connectivity index (χ0) is 14.2.